The normalized spacial score (nSPS) is 24.8. The fourth-order valence-corrected chi connectivity index (χ4v) is 3.58. The first-order valence-corrected chi connectivity index (χ1v) is 7.76. The SMILES string of the molecule is C=CCN1CC[C@@]2(CCCN(C(=O)c3cccnc3)C2)C1=O. The van der Waals surface area contributed by atoms with Gasteiger partial charge in [-0.2, -0.15) is 0 Å². The molecule has 5 heteroatoms. The molecule has 0 bridgehead atoms. The number of hydrogen-bond donors (Lipinski definition) is 0. The molecule has 0 aliphatic carbocycles. The second-order valence-electron chi connectivity index (χ2n) is 6.14. The van der Waals surface area contributed by atoms with E-state index in [0.717, 1.165) is 25.8 Å². The van der Waals surface area contributed by atoms with Gasteiger partial charge >= 0.3 is 0 Å². The highest BCUT2D eigenvalue weighted by molar-refractivity contribution is 5.95. The van der Waals surface area contributed by atoms with Crippen LogP contribution in [0.1, 0.15) is 29.6 Å². The molecule has 0 aromatic carbocycles. The van der Waals surface area contributed by atoms with Crippen LogP contribution in [0.25, 0.3) is 0 Å². The number of rotatable bonds is 3. The molecular weight excluding hydrogens is 278 g/mol. The molecule has 3 rings (SSSR count). The van der Waals surface area contributed by atoms with E-state index in [1.165, 1.54) is 0 Å². The number of pyridine rings is 1. The lowest BCUT2D eigenvalue weighted by Crippen LogP contribution is -2.49. The van der Waals surface area contributed by atoms with Crippen molar-refractivity contribution in [1.82, 2.24) is 14.8 Å². The van der Waals surface area contributed by atoms with Crippen LogP contribution in [0.4, 0.5) is 0 Å². The number of carbonyl (C=O) groups excluding carboxylic acids is 2. The number of carbonyl (C=O) groups is 2. The lowest BCUT2D eigenvalue weighted by atomic mass is 9.78. The largest absolute Gasteiger partial charge is 0.338 e. The van der Waals surface area contributed by atoms with Gasteiger partial charge in [-0.3, -0.25) is 14.6 Å². The van der Waals surface area contributed by atoms with Gasteiger partial charge in [0, 0.05) is 38.6 Å². The zero-order valence-corrected chi connectivity index (χ0v) is 12.7. The first-order chi connectivity index (χ1) is 10.7. The first-order valence-electron chi connectivity index (χ1n) is 7.76. The van der Waals surface area contributed by atoms with Crippen molar-refractivity contribution in [3.8, 4) is 0 Å². The van der Waals surface area contributed by atoms with E-state index in [2.05, 4.69) is 11.6 Å². The van der Waals surface area contributed by atoms with Crippen LogP contribution in [-0.2, 0) is 4.79 Å². The molecule has 0 unspecified atom stereocenters. The van der Waals surface area contributed by atoms with Gasteiger partial charge in [0.05, 0.1) is 11.0 Å². The van der Waals surface area contributed by atoms with Crippen molar-refractivity contribution in [3.05, 3.63) is 42.7 Å². The average Bonchev–Trinajstić information content (AvgIpc) is 2.85. The minimum absolute atomic E-state index is 0.0258. The lowest BCUT2D eigenvalue weighted by Gasteiger charge is -2.39. The maximum absolute atomic E-state index is 12.7. The van der Waals surface area contributed by atoms with Crippen LogP contribution in [0.2, 0.25) is 0 Å². The summed E-state index contributed by atoms with van der Waals surface area (Å²) in [5.41, 5.74) is 0.201. The Morgan fingerprint density at radius 2 is 2.27 bits per heavy atom. The van der Waals surface area contributed by atoms with Gasteiger partial charge in [-0.1, -0.05) is 6.08 Å². The molecule has 22 heavy (non-hydrogen) atoms. The Morgan fingerprint density at radius 1 is 1.41 bits per heavy atom. The van der Waals surface area contributed by atoms with Crippen LogP contribution < -0.4 is 0 Å². The van der Waals surface area contributed by atoms with E-state index in [4.69, 9.17) is 0 Å². The molecule has 0 radical (unpaired) electrons. The number of aromatic nitrogens is 1. The van der Waals surface area contributed by atoms with E-state index < -0.39 is 0 Å². The van der Waals surface area contributed by atoms with Gasteiger partial charge in [0.15, 0.2) is 0 Å². The van der Waals surface area contributed by atoms with Gasteiger partial charge in [-0.05, 0) is 31.4 Å². The van der Waals surface area contributed by atoms with Crippen molar-refractivity contribution in [2.45, 2.75) is 19.3 Å². The molecule has 1 aromatic heterocycles. The van der Waals surface area contributed by atoms with E-state index in [-0.39, 0.29) is 17.2 Å². The van der Waals surface area contributed by atoms with Gasteiger partial charge in [0.1, 0.15) is 0 Å². The molecule has 0 saturated carbocycles. The molecular formula is C17H21N3O2. The number of likely N-dealkylation sites (tertiary alicyclic amines) is 2. The van der Waals surface area contributed by atoms with Gasteiger partial charge in [-0.25, -0.2) is 0 Å². The van der Waals surface area contributed by atoms with Crippen LogP contribution in [0.3, 0.4) is 0 Å². The average molecular weight is 299 g/mol. The summed E-state index contributed by atoms with van der Waals surface area (Å²) in [6.07, 6.45) is 7.58. The van der Waals surface area contributed by atoms with E-state index in [1.54, 1.807) is 30.6 Å². The Hall–Kier alpha value is -2.17. The molecule has 116 valence electrons. The van der Waals surface area contributed by atoms with Crippen LogP contribution >= 0.6 is 0 Å². The Morgan fingerprint density at radius 3 is 3.00 bits per heavy atom. The maximum Gasteiger partial charge on any atom is 0.255 e. The molecule has 2 fully saturated rings. The molecule has 1 atom stereocenters. The molecule has 5 nitrogen and oxygen atoms in total. The summed E-state index contributed by atoms with van der Waals surface area (Å²) in [5, 5.41) is 0. The van der Waals surface area contributed by atoms with Gasteiger partial charge < -0.3 is 9.80 Å². The highest BCUT2D eigenvalue weighted by atomic mass is 16.2. The highest BCUT2D eigenvalue weighted by Crippen LogP contribution is 2.40. The Balaban J connectivity index is 1.76. The maximum atomic E-state index is 12.7. The topological polar surface area (TPSA) is 53.5 Å². The fraction of sp³-hybridized carbons (Fsp3) is 0.471. The summed E-state index contributed by atoms with van der Waals surface area (Å²) in [6, 6.07) is 3.54. The molecule has 1 spiro atoms. The standard InChI is InChI=1S/C17H21N3O2/c1-2-9-19-11-7-17(16(19)22)6-4-10-20(13-17)15(21)14-5-3-8-18-12-14/h2-3,5,8,12H,1,4,6-7,9-11,13H2/t17-/m1/s1. The first kappa shape index (κ1) is 14.8. The molecule has 1 aromatic rings. The highest BCUT2D eigenvalue weighted by Gasteiger charge is 2.49. The van der Waals surface area contributed by atoms with Crippen LogP contribution in [0.15, 0.2) is 37.2 Å². The summed E-state index contributed by atoms with van der Waals surface area (Å²) in [6.45, 7) is 6.30. The van der Waals surface area contributed by atoms with Gasteiger partial charge in [0.2, 0.25) is 5.91 Å². The second kappa shape index (κ2) is 5.91. The Bertz CT molecular complexity index is 587. The number of nitrogens with zero attached hydrogens (tertiary/aromatic N) is 3. The Labute approximate surface area is 130 Å². The van der Waals surface area contributed by atoms with Crippen LogP contribution in [0, 0.1) is 5.41 Å². The van der Waals surface area contributed by atoms with Crippen molar-refractivity contribution < 1.29 is 9.59 Å². The predicted octanol–water partition coefficient (Wildman–Crippen LogP) is 1.72. The minimum Gasteiger partial charge on any atom is -0.338 e. The molecule has 2 saturated heterocycles. The number of amides is 2. The molecule has 2 aliphatic rings. The molecule has 0 N–H and O–H groups in total. The third kappa shape index (κ3) is 2.51. The summed E-state index contributed by atoms with van der Waals surface area (Å²) in [5.74, 6) is 0.151. The quantitative estimate of drug-likeness (QED) is 0.799. The minimum atomic E-state index is -0.390. The summed E-state index contributed by atoms with van der Waals surface area (Å²) >= 11 is 0. The fourth-order valence-electron chi connectivity index (χ4n) is 3.58. The summed E-state index contributed by atoms with van der Waals surface area (Å²) in [4.78, 5) is 33.0. The van der Waals surface area contributed by atoms with Crippen molar-refractivity contribution in [2.75, 3.05) is 26.2 Å². The third-order valence-electron chi connectivity index (χ3n) is 4.72. The van der Waals surface area contributed by atoms with E-state index >= 15 is 0 Å². The number of piperidine rings is 1. The lowest BCUT2D eigenvalue weighted by molar-refractivity contribution is -0.137. The van der Waals surface area contributed by atoms with Crippen molar-refractivity contribution in [1.29, 1.82) is 0 Å². The van der Waals surface area contributed by atoms with Crippen molar-refractivity contribution >= 4 is 11.8 Å². The van der Waals surface area contributed by atoms with Crippen LogP contribution in [0.5, 0.6) is 0 Å². The number of hydrogen-bond acceptors (Lipinski definition) is 3. The molecule has 2 amide bonds. The van der Waals surface area contributed by atoms with Gasteiger partial charge in [-0.15, -0.1) is 6.58 Å². The van der Waals surface area contributed by atoms with E-state index in [9.17, 15) is 9.59 Å². The smallest absolute Gasteiger partial charge is 0.255 e. The van der Waals surface area contributed by atoms with Crippen LogP contribution in [-0.4, -0.2) is 52.8 Å². The summed E-state index contributed by atoms with van der Waals surface area (Å²) < 4.78 is 0. The zero-order chi connectivity index (χ0) is 15.6. The van der Waals surface area contributed by atoms with E-state index in [1.807, 2.05) is 9.80 Å². The zero-order valence-electron chi connectivity index (χ0n) is 12.7. The summed E-state index contributed by atoms with van der Waals surface area (Å²) in [7, 11) is 0. The third-order valence-corrected chi connectivity index (χ3v) is 4.72. The van der Waals surface area contributed by atoms with E-state index in [0.29, 0.717) is 25.2 Å². The monoisotopic (exact) mass is 299 g/mol. The molecule has 3 heterocycles. The van der Waals surface area contributed by atoms with Crippen molar-refractivity contribution in [2.24, 2.45) is 5.41 Å². The predicted molar refractivity (Wildman–Crippen MR) is 83.2 cm³/mol. The Kier molecular flexibility index (Phi) is 3.96. The van der Waals surface area contributed by atoms with Gasteiger partial charge in [0.25, 0.3) is 5.91 Å². The van der Waals surface area contributed by atoms with Crippen molar-refractivity contribution in [3.63, 3.8) is 0 Å². The molecule has 2 aliphatic heterocycles. The second-order valence-corrected chi connectivity index (χ2v) is 6.14.